The fourth-order valence-electron chi connectivity index (χ4n) is 6.93. The van der Waals surface area contributed by atoms with Gasteiger partial charge in [-0.15, -0.1) is 0 Å². The van der Waals surface area contributed by atoms with Crippen molar-refractivity contribution in [2.75, 3.05) is 14.2 Å². The quantitative estimate of drug-likeness (QED) is 0.802. The summed E-state index contributed by atoms with van der Waals surface area (Å²) in [6.07, 6.45) is 9.06. The molecule has 4 heteroatoms. The van der Waals surface area contributed by atoms with E-state index in [1.165, 1.54) is 6.42 Å². The minimum absolute atomic E-state index is 0.00879. The summed E-state index contributed by atoms with van der Waals surface area (Å²) in [6.45, 7) is 4.63. The number of ether oxygens (including phenoxy) is 1. The first-order chi connectivity index (χ1) is 11.3. The van der Waals surface area contributed by atoms with Crippen LogP contribution in [0.15, 0.2) is 12.2 Å². The van der Waals surface area contributed by atoms with Gasteiger partial charge in [-0.1, -0.05) is 19.9 Å². The number of carbonyl (C=O) groups is 1. The molecule has 0 aromatic carbocycles. The molecular formula is C20H31NO3. The first-order valence-corrected chi connectivity index (χ1v) is 9.50. The molecule has 0 aromatic rings. The van der Waals surface area contributed by atoms with Gasteiger partial charge in [-0.05, 0) is 61.3 Å². The van der Waals surface area contributed by atoms with Crippen LogP contribution in [0, 0.1) is 28.6 Å². The van der Waals surface area contributed by atoms with Crippen LogP contribution in [0.1, 0.15) is 46.0 Å². The Labute approximate surface area is 145 Å². The maximum atomic E-state index is 12.1. The Morgan fingerprint density at radius 2 is 2.00 bits per heavy atom. The molecule has 3 fully saturated rings. The highest BCUT2D eigenvalue weighted by molar-refractivity contribution is 5.89. The van der Waals surface area contributed by atoms with Crippen molar-refractivity contribution in [1.82, 2.24) is 4.90 Å². The smallest absolute Gasteiger partial charge is 0.246 e. The lowest BCUT2D eigenvalue weighted by molar-refractivity contribution is -0.140. The zero-order chi connectivity index (χ0) is 17.3. The molecule has 3 saturated carbocycles. The van der Waals surface area contributed by atoms with Gasteiger partial charge < -0.3 is 14.7 Å². The Morgan fingerprint density at radius 1 is 1.25 bits per heavy atom. The SMILES string of the molecule is CO[C@H]1C[C@H]2[C@@H]3CC[C@H]4N(C)C(=O)C=C[C@]4(C)[C@H]3CC[C@]2(C)[C@H]1O. The molecule has 4 aliphatic rings. The van der Waals surface area contributed by atoms with Gasteiger partial charge in [0.25, 0.3) is 0 Å². The molecule has 0 bridgehead atoms. The molecule has 8 atom stereocenters. The molecule has 0 saturated heterocycles. The molecule has 0 radical (unpaired) electrons. The number of rotatable bonds is 1. The van der Waals surface area contributed by atoms with Crippen molar-refractivity contribution in [2.24, 2.45) is 28.6 Å². The Balaban J connectivity index is 1.68. The van der Waals surface area contributed by atoms with Crippen LogP contribution in [0.25, 0.3) is 0 Å². The van der Waals surface area contributed by atoms with E-state index in [1.807, 2.05) is 11.9 Å². The number of aliphatic hydroxyl groups excluding tert-OH is 1. The third-order valence-electron chi connectivity index (χ3n) is 8.38. The van der Waals surface area contributed by atoms with E-state index in [4.69, 9.17) is 4.74 Å². The summed E-state index contributed by atoms with van der Waals surface area (Å²) in [5, 5.41) is 10.8. The van der Waals surface area contributed by atoms with E-state index >= 15 is 0 Å². The van der Waals surface area contributed by atoms with Crippen LogP contribution in [0.2, 0.25) is 0 Å². The number of hydrogen-bond acceptors (Lipinski definition) is 3. The van der Waals surface area contributed by atoms with E-state index in [1.54, 1.807) is 13.2 Å². The average Bonchev–Trinajstić information content (AvgIpc) is 2.83. The summed E-state index contributed by atoms with van der Waals surface area (Å²) in [5.41, 5.74) is 0.0637. The first kappa shape index (κ1) is 16.6. The molecule has 24 heavy (non-hydrogen) atoms. The van der Waals surface area contributed by atoms with E-state index in [9.17, 15) is 9.90 Å². The topological polar surface area (TPSA) is 49.8 Å². The highest BCUT2D eigenvalue weighted by Crippen LogP contribution is 2.64. The van der Waals surface area contributed by atoms with E-state index in [0.717, 1.165) is 25.7 Å². The molecule has 4 nitrogen and oxygen atoms in total. The van der Waals surface area contributed by atoms with Crippen molar-refractivity contribution >= 4 is 5.91 Å². The fraction of sp³-hybridized carbons (Fsp3) is 0.850. The number of methoxy groups -OCH3 is 1. The largest absolute Gasteiger partial charge is 0.390 e. The second-order valence-corrected chi connectivity index (χ2v) is 9.12. The molecule has 1 heterocycles. The number of carbonyl (C=O) groups excluding carboxylic acids is 1. The first-order valence-electron chi connectivity index (χ1n) is 9.50. The summed E-state index contributed by atoms with van der Waals surface area (Å²) < 4.78 is 5.61. The summed E-state index contributed by atoms with van der Waals surface area (Å²) >= 11 is 0. The molecule has 1 aliphatic heterocycles. The summed E-state index contributed by atoms with van der Waals surface area (Å²) in [7, 11) is 3.69. The molecule has 3 aliphatic carbocycles. The number of hydrogen-bond donors (Lipinski definition) is 1. The number of likely N-dealkylation sites (N-methyl/N-ethyl adjacent to an activating group) is 1. The van der Waals surface area contributed by atoms with Crippen molar-refractivity contribution in [3.05, 3.63) is 12.2 Å². The standard InChI is InChI=1S/C20H31NO3/c1-19-10-8-17(22)21(3)16(19)6-5-12-13(19)7-9-20(2)14(12)11-15(24-4)18(20)23/h8,10,12-16,18,23H,5-7,9,11H2,1-4H3/t12-,13+,14+,15+,16-,18+,19-,20+/m1/s1. The van der Waals surface area contributed by atoms with Crippen molar-refractivity contribution in [2.45, 2.75) is 64.2 Å². The molecule has 0 spiro atoms. The van der Waals surface area contributed by atoms with E-state index in [2.05, 4.69) is 19.9 Å². The molecule has 1 N–H and O–H groups in total. The Kier molecular flexibility index (Phi) is 3.67. The molecule has 134 valence electrons. The van der Waals surface area contributed by atoms with Gasteiger partial charge in [0.15, 0.2) is 0 Å². The second kappa shape index (κ2) is 5.31. The van der Waals surface area contributed by atoms with Crippen molar-refractivity contribution in [3.8, 4) is 0 Å². The third-order valence-corrected chi connectivity index (χ3v) is 8.38. The molecule has 1 amide bonds. The Hall–Kier alpha value is -0.870. The van der Waals surface area contributed by atoms with Gasteiger partial charge in [0.2, 0.25) is 5.91 Å². The zero-order valence-corrected chi connectivity index (χ0v) is 15.4. The van der Waals surface area contributed by atoms with Gasteiger partial charge in [0, 0.05) is 25.6 Å². The molecular weight excluding hydrogens is 302 g/mol. The number of nitrogens with zero attached hydrogens (tertiary/aromatic N) is 1. The van der Waals surface area contributed by atoms with Crippen LogP contribution in [0.3, 0.4) is 0 Å². The van der Waals surface area contributed by atoms with Crippen molar-refractivity contribution in [1.29, 1.82) is 0 Å². The highest BCUT2D eigenvalue weighted by atomic mass is 16.5. The van der Waals surface area contributed by atoms with E-state index in [0.29, 0.717) is 23.8 Å². The monoisotopic (exact) mass is 333 g/mol. The summed E-state index contributed by atoms with van der Waals surface area (Å²) in [5.74, 6) is 1.91. The van der Waals surface area contributed by atoms with Gasteiger partial charge in [-0.25, -0.2) is 0 Å². The van der Waals surface area contributed by atoms with Crippen LogP contribution in [-0.4, -0.2) is 48.3 Å². The number of aliphatic hydroxyl groups is 1. The Morgan fingerprint density at radius 3 is 2.71 bits per heavy atom. The maximum absolute atomic E-state index is 12.1. The van der Waals surface area contributed by atoms with E-state index < -0.39 is 0 Å². The fourth-order valence-corrected chi connectivity index (χ4v) is 6.93. The predicted octanol–water partition coefficient (Wildman–Crippen LogP) is 2.61. The minimum Gasteiger partial charge on any atom is -0.390 e. The van der Waals surface area contributed by atoms with Gasteiger partial charge >= 0.3 is 0 Å². The van der Waals surface area contributed by atoms with Crippen LogP contribution in [0.4, 0.5) is 0 Å². The molecule has 4 rings (SSSR count). The molecule has 0 aromatic heterocycles. The average molecular weight is 333 g/mol. The van der Waals surface area contributed by atoms with Gasteiger partial charge in [0.1, 0.15) is 0 Å². The van der Waals surface area contributed by atoms with Gasteiger partial charge in [-0.3, -0.25) is 4.79 Å². The van der Waals surface area contributed by atoms with Crippen molar-refractivity contribution in [3.63, 3.8) is 0 Å². The maximum Gasteiger partial charge on any atom is 0.246 e. The van der Waals surface area contributed by atoms with Crippen LogP contribution in [-0.2, 0) is 9.53 Å². The zero-order valence-electron chi connectivity index (χ0n) is 15.4. The van der Waals surface area contributed by atoms with Gasteiger partial charge in [-0.2, -0.15) is 0 Å². The van der Waals surface area contributed by atoms with Crippen LogP contribution < -0.4 is 0 Å². The normalized spacial score (nSPS) is 53.5. The third kappa shape index (κ3) is 1.96. The summed E-state index contributed by atoms with van der Waals surface area (Å²) in [4.78, 5) is 14.1. The highest BCUT2D eigenvalue weighted by Gasteiger charge is 2.62. The predicted molar refractivity (Wildman–Crippen MR) is 92.3 cm³/mol. The Bertz CT molecular complexity index is 575. The number of fused-ring (bicyclic) bond motifs is 5. The van der Waals surface area contributed by atoms with E-state index in [-0.39, 0.29) is 28.9 Å². The lowest BCUT2D eigenvalue weighted by Crippen LogP contribution is -2.59. The van der Waals surface area contributed by atoms with Crippen LogP contribution in [0.5, 0.6) is 0 Å². The molecule has 0 unspecified atom stereocenters. The van der Waals surface area contributed by atoms with Crippen molar-refractivity contribution < 1.29 is 14.6 Å². The lowest BCUT2D eigenvalue weighted by atomic mass is 9.48. The lowest BCUT2D eigenvalue weighted by Gasteiger charge is -2.59. The minimum atomic E-state index is -0.342. The second-order valence-electron chi connectivity index (χ2n) is 9.12. The summed E-state index contributed by atoms with van der Waals surface area (Å²) in [6, 6.07) is 0.324. The van der Waals surface area contributed by atoms with Gasteiger partial charge in [0.05, 0.1) is 12.2 Å². The number of amides is 1. The van der Waals surface area contributed by atoms with Crippen LogP contribution >= 0.6 is 0 Å².